The van der Waals surface area contributed by atoms with E-state index in [2.05, 4.69) is 5.32 Å². The summed E-state index contributed by atoms with van der Waals surface area (Å²) in [6.07, 6.45) is 0. The van der Waals surface area contributed by atoms with Gasteiger partial charge in [-0.2, -0.15) is 0 Å². The molecule has 0 saturated carbocycles. The molecule has 0 unspecified atom stereocenters. The lowest BCUT2D eigenvalue weighted by Gasteiger charge is -2.14. The molecule has 5 heteroatoms. The van der Waals surface area contributed by atoms with Crippen molar-refractivity contribution in [1.82, 2.24) is 5.32 Å². The molecule has 0 aromatic heterocycles. The lowest BCUT2D eigenvalue weighted by Crippen LogP contribution is -2.27. The zero-order valence-corrected chi connectivity index (χ0v) is 12.1. The number of amides is 1. The van der Waals surface area contributed by atoms with Crippen LogP contribution in [0, 0.1) is 5.92 Å². The second kappa shape index (κ2) is 6.87. The average Bonchev–Trinajstić information content (AvgIpc) is 2.42. The number of methoxy groups -OCH3 is 3. The van der Waals surface area contributed by atoms with Crippen LogP contribution in [0.25, 0.3) is 0 Å². The average molecular weight is 267 g/mol. The number of rotatable bonds is 6. The molecule has 0 bridgehead atoms. The van der Waals surface area contributed by atoms with E-state index in [4.69, 9.17) is 14.2 Å². The van der Waals surface area contributed by atoms with Gasteiger partial charge in [0.05, 0.1) is 26.9 Å². The first-order chi connectivity index (χ1) is 9.03. The Morgan fingerprint density at radius 2 is 1.58 bits per heavy atom. The van der Waals surface area contributed by atoms with Gasteiger partial charge in [-0.05, 0) is 5.92 Å². The first kappa shape index (κ1) is 15.1. The van der Waals surface area contributed by atoms with Gasteiger partial charge in [-0.15, -0.1) is 0 Å². The van der Waals surface area contributed by atoms with Gasteiger partial charge in [0.2, 0.25) is 0 Å². The zero-order chi connectivity index (χ0) is 14.4. The van der Waals surface area contributed by atoms with E-state index < -0.39 is 0 Å². The predicted octanol–water partition coefficient (Wildman–Crippen LogP) is 2.10. The molecule has 0 heterocycles. The Bertz CT molecular complexity index is 443. The van der Waals surface area contributed by atoms with Crippen LogP contribution in [0.4, 0.5) is 0 Å². The molecule has 5 nitrogen and oxygen atoms in total. The van der Waals surface area contributed by atoms with E-state index in [0.717, 1.165) is 0 Å². The molecule has 106 valence electrons. The van der Waals surface area contributed by atoms with E-state index in [-0.39, 0.29) is 5.91 Å². The minimum absolute atomic E-state index is 0.188. The van der Waals surface area contributed by atoms with Gasteiger partial charge in [-0.1, -0.05) is 13.8 Å². The quantitative estimate of drug-likeness (QED) is 0.857. The van der Waals surface area contributed by atoms with Crippen molar-refractivity contribution in [2.45, 2.75) is 13.8 Å². The first-order valence-electron chi connectivity index (χ1n) is 6.11. The van der Waals surface area contributed by atoms with Crippen molar-refractivity contribution in [2.75, 3.05) is 27.9 Å². The number of carbonyl (C=O) groups excluding carboxylic acids is 1. The molecule has 1 amide bonds. The van der Waals surface area contributed by atoms with Crippen LogP contribution in [-0.4, -0.2) is 33.8 Å². The number of hydrogen-bond acceptors (Lipinski definition) is 4. The third-order valence-electron chi connectivity index (χ3n) is 2.62. The molecule has 0 saturated heterocycles. The molecular formula is C14H21NO4. The maximum atomic E-state index is 12.1. The monoisotopic (exact) mass is 267 g/mol. The standard InChI is InChI=1S/C14H21NO4/c1-9(2)8-15-14(16)10-6-12(18-4)13(19-5)7-11(10)17-3/h6-7,9H,8H2,1-5H3,(H,15,16). The molecule has 0 spiro atoms. The molecule has 0 aliphatic rings. The number of carbonyl (C=O) groups is 1. The molecule has 1 aromatic rings. The summed E-state index contributed by atoms with van der Waals surface area (Å²) in [4.78, 5) is 12.1. The van der Waals surface area contributed by atoms with E-state index >= 15 is 0 Å². The maximum Gasteiger partial charge on any atom is 0.255 e. The fourth-order valence-corrected chi connectivity index (χ4v) is 1.60. The topological polar surface area (TPSA) is 56.8 Å². The minimum Gasteiger partial charge on any atom is -0.496 e. The summed E-state index contributed by atoms with van der Waals surface area (Å²) in [6, 6.07) is 3.26. The summed E-state index contributed by atoms with van der Waals surface area (Å²) in [5.74, 6) is 1.68. The molecule has 1 aromatic carbocycles. The van der Waals surface area contributed by atoms with Gasteiger partial charge in [0, 0.05) is 18.7 Å². The van der Waals surface area contributed by atoms with Crippen molar-refractivity contribution in [1.29, 1.82) is 0 Å². The van der Waals surface area contributed by atoms with E-state index in [1.54, 1.807) is 12.1 Å². The summed E-state index contributed by atoms with van der Waals surface area (Å²) >= 11 is 0. The fourth-order valence-electron chi connectivity index (χ4n) is 1.60. The first-order valence-corrected chi connectivity index (χ1v) is 6.11. The highest BCUT2D eigenvalue weighted by Gasteiger charge is 2.17. The molecule has 0 fully saturated rings. The van der Waals surface area contributed by atoms with Gasteiger partial charge in [-0.3, -0.25) is 4.79 Å². The molecular weight excluding hydrogens is 246 g/mol. The smallest absolute Gasteiger partial charge is 0.255 e. The van der Waals surface area contributed by atoms with Crippen LogP contribution in [0.15, 0.2) is 12.1 Å². The Kier molecular flexibility index (Phi) is 5.48. The van der Waals surface area contributed by atoms with Crippen LogP contribution in [0.5, 0.6) is 17.2 Å². The van der Waals surface area contributed by atoms with Gasteiger partial charge in [-0.25, -0.2) is 0 Å². The predicted molar refractivity (Wildman–Crippen MR) is 73.3 cm³/mol. The van der Waals surface area contributed by atoms with Crippen molar-refractivity contribution in [3.05, 3.63) is 17.7 Å². The van der Waals surface area contributed by atoms with Crippen LogP contribution >= 0.6 is 0 Å². The highest BCUT2D eigenvalue weighted by Crippen LogP contribution is 2.34. The van der Waals surface area contributed by atoms with Crippen molar-refractivity contribution >= 4 is 5.91 Å². The third-order valence-corrected chi connectivity index (χ3v) is 2.62. The van der Waals surface area contributed by atoms with Crippen LogP contribution in [0.3, 0.4) is 0 Å². The normalized spacial score (nSPS) is 10.2. The number of nitrogens with one attached hydrogen (secondary N) is 1. The van der Waals surface area contributed by atoms with Gasteiger partial charge in [0.1, 0.15) is 5.75 Å². The summed E-state index contributed by atoms with van der Waals surface area (Å²) in [5, 5.41) is 2.85. The summed E-state index contributed by atoms with van der Waals surface area (Å²) in [5.41, 5.74) is 0.431. The van der Waals surface area contributed by atoms with Gasteiger partial charge in [0.15, 0.2) is 11.5 Å². The number of ether oxygens (including phenoxy) is 3. The Hall–Kier alpha value is -1.91. The van der Waals surface area contributed by atoms with Gasteiger partial charge in [0.25, 0.3) is 5.91 Å². The molecule has 1 N–H and O–H groups in total. The summed E-state index contributed by atoms with van der Waals surface area (Å²) < 4.78 is 15.6. The Morgan fingerprint density at radius 3 is 2.05 bits per heavy atom. The molecule has 0 aliphatic heterocycles. The zero-order valence-electron chi connectivity index (χ0n) is 12.1. The maximum absolute atomic E-state index is 12.1. The van der Waals surface area contributed by atoms with Crippen LogP contribution in [0.1, 0.15) is 24.2 Å². The fraction of sp³-hybridized carbons (Fsp3) is 0.500. The van der Waals surface area contributed by atoms with Crippen molar-refractivity contribution in [2.24, 2.45) is 5.92 Å². The van der Waals surface area contributed by atoms with Crippen LogP contribution in [-0.2, 0) is 0 Å². The SMILES string of the molecule is COc1cc(OC)c(C(=O)NCC(C)C)cc1OC. The Morgan fingerprint density at radius 1 is 1.05 bits per heavy atom. The highest BCUT2D eigenvalue weighted by molar-refractivity contribution is 5.97. The number of hydrogen-bond donors (Lipinski definition) is 1. The van der Waals surface area contributed by atoms with Crippen molar-refractivity contribution < 1.29 is 19.0 Å². The van der Waals surface area contributed by atoms with E-state index in [1.165, 1.54) is 21.3 Å². The lowest BCUT2D eigenvalue weighted by molar-refractivity contribution is 0.0945. The molecule has 1 rings (SSSR count). The second-order valence-corrected chi connectivity index (χ2v) is 4.51. The Labute approximate surface area is 113 Å². The summed E-state index contributed by atoms with van der Waals surface area (Å²) in [6.45, 7) is 4.68. The highest BCUT2D eigenvalue weighted by atomic mass is 16.5. The molecule has 0 radical (unpaired) electrons. The van der Waals surface area contributed by atoms with Crippen molar-refractivity contribution in [3.63, 3.8) is 0 Å². The van der Waals surface area contributed by atoms with Crippen molar-refractivity contribution in [3.8, 4) is 17.2 Å². The van der Waals surface area contributed by atoms with E-state index in [9.17, 15) is 4.79 Å². The molecule has 0 atom stereocenters. The molecule has 0 aliphatic carbocycles. The van der Waals surface area contributed by atoms with Crippen LogP contribution < -0.4 is 19.5 Å². The summed E-state index contributed by atoms with van der Waals surface area (Å²) in [7, 11) is 4.58. The minimum atomic E-state index is -0.188. The molecule has 19 heavy (non-hydrogen) atoms. The third kappa shape index (κ3) is 3.77. The van der Waals surface area contributed by atoms with Gasteiger partial charge >= 0.3 is 0 Å². The largest absolute Gasteiger partial charge is 0.496 e. The second-order valence-electron chi connectivity index (χ2n) is 4.51. The van der Waals surface area contributed by atoms with E-state index in [1.807, 2.05) is 13.8 Å². The lowest BCUT2D eigenvalue weighted by atomic mass is 10.1. The Balaban J connectivity index is 3.07. The van der Waals surface area contributed by atoms with Gasteiger partial charge < -0.3 is 19.5 Å². The van der Waals surface area contributed by atoms with E-state index in [0.29, 0.717) is 35.3 Å². The number of benzene rings is 1. The van der Waals surface area contributed by atoms with Crippen LogP contribution in [0.2, 0.25) is 0 Å².